The molecule has 1 aliphatic heterocycles. The van der Waals surface area contributed by atoms with Gasteiger partial charge in [0, 0.05) is 18.3 Å². The van der Waals surface area contributed by atoms with Gasteiger partial charge in [0.15, 0.2) is 0 Å². The van der Waals surface area contributed by atoms with Gasteiger partial charge >= 0.3 is 0 Å². The van der Waals surface area contributed by atoms with Crippen molar-refractivity contribution in [2.75, 3.05) is 32.1 Å². The van der Waals surface area contributed by atoms with Crippen LogP contribution in [0.4, 0.5) is 5.69 Å². The predicted molar refractivity (Wildman–Crippen MR) is 138 cm³/mol. The number of ether oxygens (including phenoxy) is 2. The molecule has 1 aliphatic carbocycles. The van der Waals surface area contributed by atoms with Crippen LogP contribution in [-0.4, -0.2) is 43.7 Å². The average molecular weight is 465 g/mol. The number of piperidine rings is 1. The minimum atomic E-state index is -0.481. The SMILES string of the molecule is COc1ccc(C2(C(=O)Nc3ccc(OCCCN4CCCC[C@@H]4C)cc3)CCCCC2)cc1. The number of methoxy groups -OCH3 is 1. The van der Waals surface area contributed by atoms with Crippen LogP contribution in [0.2, 0.25) is 0 Å². The van der Waals surface area contributed by atoms with Crippen molar-refractivity contribution in [1.82, 2.24) is 4.90 Å². The molecule has 0 unspecified atom stereocenters. The van der Waals surface area contributed by atoms with Gasteiger partial charge in [0.05, 0.1) is 19.1 Å². The van der Waals surface area contributed by atoms with Crippen LogP contribution in [0.15, 0.2) is 48.5 Å². The zero-order chi connectivity index (χ0) is 23.8. The molecule has 1 atom stereocenters. The number of benzene rings is 2. The van der Waals surface area contributed by atoms with Crippen LogP contribution >= 0.6 is 0 Å². The van der Waals surface area contributed by atoms with Gasteiger partial charge in [0.2, 0.25) is 5.91 Å². The van der Waals surface area contributed by atoms with Gasteiger partial charge in [-0.3, -0.25) is 4.79 Å². The third-order valence-electron chi connectivity index (χ3n) is 7.70. The summed E-state index contributed by atoms with van der Waals surface area (Å²) >= 11 is 0. The molecular weight excluding hydrogens is 424 g/mol. The quantitative estimate of drug-likeness (QED) is 0.450. The lowest BCUT2D eigenvalue weighted by molar-refractivity contribution is -0.122. The van der Waals surface area contributed by atoms with E-state index in [4.69, 9.17) is 9.47 Å². The molecule has 1 N–H and O–H groups in total. The number of rotatable bonds is 9. The van der Waals surface area contributed by atoms with E-state index in [0.29, 0.717) is 6.04 Å². The largest absolute Gasteiger partial charge is 0.497 e. The predicted octanol–water partition coefficient (Wildman–Crippen LogP) is 6.18. The molecule has 0 aromatic heterocycles. The molecule has 1 heterocycles. The van der Waals surface area contributed by atoms with Gasteiger partial charge in [-0.25, -0.2) is 0 Å². The lowest BCUT2D eigenvalue weighted by Crippen LogP contribution is -2.42. The van der Waals surface area contributed by atoms with Gasteiger partial charge in [0.25, 0.3) is 0 Å². The van der Waals surface area contributed by atoms with Crippen molar-refractivity contribution < 1.29 is 14.3 Å². The van der Waals surface area contributed by atoms with Gasteiger partial charge < -0.3 is 19.7 Å². The smallest absolute Gasteiger partial charge is 0.235 e. The first-order valence-electron chi connectivity index (χ1n) is 13.0. The van der Waals surface area contributed by atoms with Crippen molar-refractivity contribution in [2.24, 2.45) is 0 Å². The van der Waals surface area contributed by atoms with E-state index < -0.39 is 5.41 Å². The van der Waals surface area contributed by atoms with Gasteiger partial charge in [-0.15, -0.1) is 0 Å². The second-order valence-corrected chi connectivity index (χ2v) is 9.93. The summed E-state index contributed by atoms with van der Waals surface area (Å²) in [5.74, 6) is 1.75. The van der Waals surface area contributed by atoms with Crippen LogP contribution in [0.5, 0.6) is 11.5 Å². The molecule has 1 amide bonds. The lowest BCUT2D eigenvalue weighted by atomic mass is 9.68. The molecule has 2 aromatic rings. The van der Waals surface area contributed by atoms with E-state index in [1.165, 1.54) is 32.2 Å². The molecule has 1 saturated carbocycles. The highest BCUT2D eigenvalue weighted by molar-refractivity contribution is 5.99. The van der Waals surface area contributed by atoms with Crippen molar-refractivity contribution in [3.8, 4) is 11.5 Å². The molecule has 184 valence electrons. The third kappa shape index (κ3) is 5.93. The maximum absolute atomic E-state index is 13.5. The van der Waals surface area contributed by atoms with Crippen LogP contribution in [0, 0.1) is 0 Å². The van der Waals surface area contributed by atoms with E-state index in [2.05, 4.69) is 17.1 Å². The molecule has 5 heteroatoms. The number of likely N-dealkylation sites (tertiary alicyclic amines) is 1. The number of nitrogens with zero attached hydrogens (tertiary/aromatic N) is 1. The zero-order valence-electron chi connectivity index (χ0n) is 20.9. The number of anilines is 1. The number of nitrogens with one attached hydrogen (secondary N) is 1. The molecule has 5 nitrogen and oxygen atoms in total. The fourth-order valence-corrected chi connectivity index (χ4v) is 5.54. The maximum Gasteiger partial charge on any atom is 0.235 e. The molecule has 2 aromatic carbocycles. The Morgan fingerprint density at radius 1 is 0.971 bits per heavy atom. The van der Waals surface area contributed by atoms with Crippen LogP contribution in [-0.2, 0) is 10.2 Å². The Kier molecular flexibility index (Phi) is 8.49. The highest BCUT2D eigenvalue weighted by Crippen LogP contribution is 2.41. The van der Waals surface area contributed by atoms with E-state index in [-0.39, 0.29) is 5.91 Å². The van der Waals surface area contributed by atoms with E-state index in [9.17, 15) is 4.79 Å². The molecule has 2 aliphatic rings. The molecule has 0 bridgehead atoms. The Morgan fingerprint density at radius 2 is 1.68 bits per heavy atom. The van der Waals surface area contributed by atoms with Gasteiger partial charge in [-0.1, -0.05) is 37.8 Å². The van der Waals surface area contributed by atoms with Crippen LogP contribution in [0.25, 0.3) is 0 Å². The van der Waals surface area contributed by atoms with E-state index in [0.717, 1.165) is 68.0 Å². The summed E-state index contributed by atoms with van der Waals surface area (Å²) in [6.45, 7) is 5.37. The van der Waals surface area contributed by atoms with Gasteiger partial charge in [-0.05, 0) is 87.5 Å². The Morgan fingerprint density at radius 3 is 2.35 bits per heavy atom. The van der Waals surface area contributed by atoms with Crippen LogP contribution in [0.3, 0.4) is 0 Å². The van der Waals surface area contributed by atoms with E-state index >= 15 is 0 Å². The summed E-state index contributed by atoms with van der Waals surface area (Å²) < 4.78 is 11.3. The fraction of sp³-hybridized carbons (Fsp3) is 0.552. The molecule has 2 fully saturated rings. The molecule has 1 saturated heterocycles. The maximum atomic E-state index is 13.5. The second-order valence-electron chi connectivity index (χ2n) is 9.93. The van der Waals surface area contributed by atoms with Gasteiger partial charge in [-0.2, -0.15) is 0 Å². The minimum Gasteiger partial charge on any atom is -0.497 e. The number of carbonyl (C=O) groups excluding carboxylic acids is 1. The van der Waals surface area contributed by atoms with Crippen molar-refractivity contribution in [1.29, 1.82) is 0 Å². The Balaban J connectivity index is 1.32. The number of hydrogen-bond acceptors (Lipinski definition) is 4. The standard InChI is InChI=1S/C29H40N2O3/c1-23-9-4-7-20-31(23)21-8-22-34-27-16-12-25(13-17-27)30-28(32)29(18-5-3-6-19-29)24-10-14-26(33-2)15-11-24/h10-17,23H,3-9,18-22H2,1-2H3,(H,30,32)/t23-/m0/s1. The summed E-state index contributed by atoms with van der Waals surface area (Å²) in [5, 5.41) is 3.19. The summed E-state index contributed by atoms with van der Waals surface area (Å²) in [4.78, 5) is 16.1. The number of amides is 1. The monoisotopic (exact) mass is 464 g/mol. The second kappa shape index (κ2) is 11.7. The first kappa shape index (κ1) is 24.6. The normalized spacial score (nSPS) is 20.5. The number of hydrogen-bond donors (Lipinski definition) is 1. The van der Waals surface area contributed by atoms with Crippen LogP contribution in [0.1, 0.15) is 70.3 Å². The first-order chi connectivity index (χ1) is 16.6. The average Bonchev–Trinajstić information content (AvgIpc) is 2.89. The number of carbonyl (C=O) groups is 1. The van der Waals surface area contributed by atoms with Crippen molar-refractivity contribution in [3.05, 3.63) is 54.1 Å². The summed E-state index contributed by atoms with van der Waals surface area (Å²) in [6.07, 6.45) is 10.1. The lowest BCUT2D eigenvalue weighted by Gasteiger charge is -2.36. The molecule has 4 rings (SSSR count). The fourth-order valence-electron chi connectivity index (χ4n) is 5.54. The first-order valence-corrected chi connectivity index (χ1v) is 13.0. The topological polar surface area (TPSA) is 50.8 Å². The molecular formula is C29H40N2O3. The van der Waals surface area contributed by atoms with Gasteiger partial charge in [0.1, 0.15) is 11.5 Å². The van der Waals surface area contributed by atoms with Crippen molar-refractivity contribution in [2.45, 2.75) is 76.2 Å². The molecule has 34 heavy (non-hydrogen) atoms. The third-order valence-corrected chi connectivity index (χ3v) is 7.70. The van der Waals surface area contributed by atoms with E-state index in [1.807, 2.05) is 48.5 Å². The minimum absolute atomic E-state index is 0.0849. The molecule has 0 spiro atoms. The highest BCUT2D eigenvalue weighted by atomic mass is 16.5. The van der Waals surface area contributed by atoms with Crippen LogP contribution < -0.4 is 14.8 Å². The summed E-state index contributed by atoms with van der Waals surface area (Å²) in [6, 6.07) is 16.5. The molecule has 0 radical (unpaired) electrons. The highest BCUT2D eigenvalue weighted by Gasteiger charge is 2.41. The summed E-state index contributed by atoms with van der Waals surface area (Å²) in [7, 11) is 1.67. The zero-order valence-corrected chi connectivity index (χ0v) is 20.9. The Bertz CT molecular complexity index is 904. The Labute approximate surface area is 204 Å². The van der Waals surface area contributed by atoms with Crippen molar-refractivity contribution >= 4 is 11.6 Å². The van der Waals surface area contributed by atoms with Crippen molar-refractivity contribution in [3.63, 3.8) is 0 Å². The van der Waals surface area contributed by atoms with E-state index in [1.54, 1.807) is 7.11 Å². The Hall–Kier alpha value is -2.53. The summed E-state index contributed by atoms with van der Waals surface area (Å²) in [5.41, 5.74) is 1.41.